The molecule has 2 rings (SSSR count). The summed E-state index contributed by atoms with van der Waals surface area (Å²) in [5.74, 6) is -0.467. The van der Waals surface area contributed by atoms with Crippen LogP contribution in [-0.2, 0) is 11.3 Å². The third-order valence-corrected chi connectivity index (χ3v) is 4.36. The van der Waals surface area contributed by atoms with Gasteiger partial charge < -0.3 is 15.3 Å². The molecule has 1 aliphatic rings. The minimum atomic E-state index is -0.771. The van der Waals surface area contributed by atoms with Crippen LogP contribution >= 0.6 is 11.3 Å². The molecule has 110 valence electrons. The van der Waals surface area contributed by atoms with Crippen LogP contribution in [0.2, 0.25) is 0 Å². The van der Waals surface area contributed by atoms with E-state index in [1.54, 1.807) is 4.90 Å². The number of carboxylic acids is 1. The second-order valence-electron chi connectivity index (χ2n) is 5.07. The molecule has 0 aromatic carbocycles. The van der Waals surface area contributed by atoms with Crippen molar-refractivity contribution < 1.29 is 14.7 Å². The number of nitrogens with zero attached hydrogens (tertiary/aromatic N) is 2. The van der Waals surface area contributed by atoms with Crippen molar-refractivity contribution in [2.45, 2.75) is 32.7 Å². The van der Waals surface area contributed by atoms with Crippen molar-refractivity contribution in [3.63, 3.8) is 0 Å². The number of likely N-dealkylation sites (tertiary alicyclic amines) is 1. The van der Waals surface area contributed by atoms with Gasteiger partial charge in [-0.15, -0.1) is 11.3 Å². The Morgan fingerprint density at radius 2 is 2.40 bits per heavy atom. The number of carbonyl (C=O) groups is 2. The van der Waals surface area contributed by atoms with Crippen molar-refractivity contribution in [3.8, 4) is 0 Å². The first-order valence-electron chi connectivity index (χ1n) is 6.70. The van der Waals surface area contributed by atoms with Crippen molar-refractivity contribution in [1.29, 1.82) is 0 Å². The molecule has 0 bridgehead atoms. The summed E-state index contributed by atoms with van der Waals surface area (Å²) in [6.45, 7) is 3.73. The van der Waals surface area contributed by atoms with E-state index in [-0.39, 0.29) is 12.5 Å². The maximum absolute atomic E-state index is 12.0. The average Bonchev–Trinajstić information content (AvgIpc) is 3.02. The number of amides is 2. The topological polar surface area (TPSA) is 82.5 Å². The number of nitrogens with one attached hydrogen (secondary N) is 1. The number of aliphatic carboxylic acids is 1. The minimum Gasteiger partial charge on any atom is -0.481 e. The maximum atomic E-state index is 12.0. The van der Waals surface area contributed by atoms with Crippen LogP contribution in [0.25, 0.3) is 0 Å². The zero-order valence-electron chi connectivity index (χ0n) is 11.5. The van der Waals surface area contributed by atoms with Crippen LogP contribution in [0, 0.1) is 12.8 Å². The van der Waals surface area contributed by atoms with Crippen LogP contribution in [0.15, 0.2) is 5.38 Å². The predicted octanol–water partition coefficient (Wildman–Crippen LogP) is 1.85. The molecule has 1 aromatic rings. The maximum Gasteiger partial charge on any atom is 0.317 e. The number of rotatable bonds is 5. The Kier molecular flexibility index (Phi) is 4.94. The van der Waals surface area contributed by atoms with Gasteiger partial charge in [0.2, 0.25) is 0 Å². The van der Waals surface area contributed by atoms with Gasteiger partial charge in [-0.05, 0) is 25.7 Å². The van der Waals surface area contributed by atoms with Crippen molar-refractivity contribution in [2.75, 3.05) is 13.1 Å². The zero-order valence-corrected chi connectivity index (χ0v) is 12.3. The summed E-state index contributed by atoms with van der Waals surface area (Å²) in [5.41, 5.74) is 0.967. The smallest absolute Gasteiger partial charge is 0.317 e. The Hall–Kier alpha value is -1.63. The standard InChI is InChI=1S/C13H19N3O3S/c1-9-8-20-11(15-9)6-14-13(19)16-5-4-10(7-16)2-3-12(17)18/h8,10H,2-7H2,1H3,(H,14,19)(H,17,18). The van der Waals surface area contributed by atoms with Gasteiger partial charge in [0.1, 0.15) is 5.01 Å². The Balaban J connectivity index is 1.72. The molecule has 7 heteroatoms. The molecule has 1 saturated heterocycles. The van der Waals surface area contributed by atoms with Crippen molar-refractivity contribution in [2.24, 2.45) is 5.92 Å². The van der Waals surface area contributed by atoms with E-state index in [4.69, 9.17) is 5.11 Å². The Bertz CT molecular complexity index is 489. The SMILES string of the molecule is Cc1csc(CNC(=O)N2CCC(CCC(=O)O)C2)n1. The third-order valence-electron chi connectivity index (χ3n) is 3.40. The normalized spacial score (nSPS) is 18.2. The number of aromatic nitrogens is 1. The van der Waals surface area contributed by atoms with Gasteiger partial charge in [-0.1, -0.05) is 0 Å². The highest BCUT2D eigenvalue weighted by atomic mass is 32.1. The predicted molar refractivity (Wildman–Crippen MR) is 75.6 cm³/mol. The lowest BCUT2D eigenvalue weighted by Crippen LogP contribution is -2.38. The monoisotopic (exact) mass is 297 g/mol. The largest absolute Gasteiger partial charge is 0.481 e. The first kappa shape index (κ1) is 14.8. The lowest BCUT2D eigenvalue weighted by molar-refractivity contribution is -0.137. The van der Waals surface area contributed by atoms with Crippen LogP contribution in [0.3, 0.4) is 0 Å². The quantitative estimate of drug-likeness (QED) is 0.869. The van der Waals surface area contributed by atoms with E-state index in [1.165, 1.54) is 11.3 Å². The van der Waals surface area contributed by atoms with Crippen LogP contribution < -0.4 is 5.32 Å². The van der Waals surface area contributed by atoms with Crippen LogP contribution in [-0.4, -0.2) is 40.1 Å². The summed E-state index contributed by atoms with van der Waals surface area (Å²) in [6.07, 6.45) is 1.71. The van der Waals surface area contributed by atoms with E-state index >= 15 is 0 Å². The van der Waals surface area contributed by atoms with E-state index < -0.39 is 5.97 Å². The van der Waals surface area contributed by atoms with Crippen molar-refractivity contribution in [3.05, 3.63) is 16.1 Å². The highest BCUT2D eigenvalue weighted by molar-refractivity contribution is 7.09. The van der Waals surface area contributed by atoms with E-state index in [0.29, 0.717) is 32.0 Å². The molecule has 1 aliphatic heterocycles. The molecular formula is C13H19N3O3S. The second kappa shape index (κ2) is 6.69. The second-order valence-corrected chi connectivity index (χ2v) is 6.02. The average molecular weight is 297 g/mol. The molecular weight excluding hydrogens is 278 g/mol. The summed E-state index contributed by atoms with van der Waals surface area (Å²) in [7, 11) is 0. The molecule has 6 nitrogen and oxygen atoms in total. The van der Waals surface area contributed by atoms with E-state index in [1.807, 2.05) is 12.3 Å². The van der Waals surface area contributed by atoms with Crippen molar-refractivity contribution >= 4 is 23.3 Å². The lowest BCUT2D eigenvalue weighted by atomic mass is 10.0. The number of thiazole rings is 1. The van der Waals surface area contributed by atoms with Gasteiger partial charge in [0.25, 0.3) is 0 Å². The number of carbonyl (C=O) groups excluding carboxylic acids is 1. The molecule has 1 fully saturated rings. The number of urea groups is 1. The number of carboxylic acid groups (broad SMARTS) is 1. The molecule has 2 N–H and O–H groups in total. The fourth-order valence-corrected chi connectivity index (χ4v) is 3.04. The summed E-state index contributed by atoms with van der Waals surface area (Å²) in [6, 6.07) is -0.0873. The van der Waals surface area contributed by atoms with Crippen LogP contribution in [0.5, 0.6) is 0 Å². The molecule has 0 radical (unpaired) electrons. The molecule has 0 saturated carbocycles. The molecule has 0 spiro atoms. The Morgan fingerprint density at radius 1 is 1.60 bits per heavy atom. The molecule has 1 unspecified atom stereocenters. The number of hydrogen-bond donors (Lipinski definition) is 2. The third kappa shape index (κ3) is 4.19. The minimum absolute atomic E-state index is 0.0873. The number of aryl methyl sites for hydroxylation is 1. The summed E-state index contributed by atoms with van der Waals surface area (Å²) < 4.78 is 0. The van der Waals surface area contributed by atoms with E-state index in [9.17, 15) is 9.59 Å². The van der Waals surface area contributed by atoms with E-state index in [0.717, 1.165) is 17.1 Å². The first-order valence-corrected chi connectivity index (χ1v) is 7.58. The van der Waals surface area contributed by atoms with Gasteiger partial charge in [-0.2, -0.15) is 0 Å². The highest BCUT2D eigenvalue weighted by Gasteiger charge is 2.26. The molecule has 2 amide bonds. The Labute approximate surface area is 121 Å². The summed E-state index contributed by atoms with van der Waals surface area (Å²) >= 11 is 1.54. The summed E-state index contributed by atoms with van der Waals surface area (Å²) in [4.78, 5) is 28.6. The molecule has 20 heavy (non-hydrogen) atoms. The Morgan fingerprint density at radius 3 is 3.05 bits per heavy atom. The lowest BCUT2D eigenvalue weighted by Gasteiger charge is -2.16. The fraction of sp³-hybridized carbons (Fsp3) is 0.615. The van der Waals surface area contributed by atoms with Gasteiger partial charge in [-0.3, -0.25) is 4.79 Å². The van der Waals surface area contributed by atoms with E-state index in [2.05, 4.69) is 10.3 Å². The first-order chi connectivity index (χ1) is 9.54. The zero-order chi connectivity index (χ0) is 14.5. The molecule has 0 aliphatic carbocycles. The fourth-order valence-electron chi connectivity index (χ4n) is 2.33. The van der Waals surface area contributed by atoms with Gasteiger partial charge in [0.05, 0.1) is 6.54 Å². The van der Waals surface area contributed by atoms with Gasteiger partial charge in [-0.25, -0.2) is 9.78 Å². The molecule has 1 atom stereocenters. The van der Waals surface area contributed by atoms with Gasteiger partial charge in [0.15, 0.2) is 0 Å². The van der Waals surface area contributed by atoms with Gasteiger partial charge in [0, 0.05) is 30.6 Å². The van der Waals surface area contributed by atoms with Crippen molar-refractivity contribution in [1.82, 2.24) is 15.2 Å². The number of hydrogen-bond acceptors (Lipinski definition) is 4. The molecule has 1 aromatic heterocycles. The molecule has 2 heterocycles. The van der Waals surface area contributed by atoms with Crippen LogP contribution in [0.1, 0.15) is 30.0 Å². The highest BCUT2D eigenvalue weighted by Crippen LogP contribution is 2.21. The van der Waals surface area contributed by atoms with Gasteiger partial charge >= 0.3 is 12.0 Å². The summed E-state index contributed by atoms with van der Waals surface area (Å²) in [5, 5.41) is 14.4. The van der Waals surface area contributed by atoms with Crippen LogP contribution in [0.4, 0.5) is 4.79 Å².